The van der Waals surface area contributed by atoms with Crippen LogP contribution < -0.4 is 0 Å². The van der Waals surface area contributed by atoms with Crippen molar-refractivity contribution in [1.82, 2.24) is 20.0 Å². The zero-order chi connectivity index (χ0) is 13.1. The molecule has 1 saturated heterocycles. The smallest absolute Gasteiger partial charge is 0.241 e. The van der Waals surface area contributed by atoms with Crippen molar-refractivity contribution in [2.24, 2.45) is 0 Å². The molecule has 1 aliphatic heterocycles. The number of aliphatic hydroxyl groups is 1. The van der Waals surface area contributed by atoms with E-state index in [1.54, 1.807) is 12.4 Å². The predicted octanol–water partition coefficient (Wildman–Crippen LogP) is 1.09. The first-order valence-corrected chi connectivity index (χ1v) is 6.44. The third-order valence-electron chi connectivity index (χ3n) is 3.30. The van der Waals surface area contributed by atoms with Gasteiger partial charge in [0.1, 0.15) is 0 Å². The van der Waals surface area contributed by atoms with Gasteiger partial charge in [-0.2, -0.15) is 4.98 Å². The van der Waals surface area contributed by atoms with Crippen molar-refractivity contribution < 1.29 is 9.63 Å². The molecule has 1 N–H and O–H groups in total. The summed E-state index contributed by atoms with van der Waals surface area (Å²) in [6.45, 7) is 2.37. The predicted molar refractivity (Wildman–Crippen MR) is 68.0 cm³/mol. The van der Waals surface area contributed by atoms with Crippen molar-refractivity contribution in [3.8, 4) is 11.4 Å². The molecule has 0 radical (unpaired) electrons. The van der Waals surface area contributed by atoms with E-state index in [1.165, 1.54) is 0 Å². The van der Waals surface area contributed by atoms with Gasteiger partial charge in [0, 0.05) is 31.0 Å². The van der Waals surface area contributed by atoms with E-state index in [0.717, 1.165) is 31.5 Å². The Kier molecular flexibility index (Phi) is 3.52. The molecule has 3 rings (SSSR count). The number of likely N-dealkylation sites (tertiary alicyclic amines) is 1. The molecule has 6 heteroatoms. The maximum Gasteiger partial charge on any atom is 0.241 e. The summed E-state index contributed by atoms with van der Waals surface area (Å²) in [7, 11) is 0. The van der Waals surface area contributed by atoms with Crippen LogP contribution in [0.25, 0.3) is 11.4 Å². The molecule has 1 aliphatic rings. The topological polar surface area (TPSA) is 75.3 Å². The lowest BCUT2D eigenvalue weighted by Gasteiger charge is -2.27. The Morgan fingerprint density at radius 2 is 2.21 bits per heavy atom. The maximum atomic E-state index is 9.46. The second-order valence-electron chi connectivity index (χ2n) is 4.76. The van der Waals surface area contributed by atoms with Gasteiger partial charge < -0.3 is 9.63 Å². The van der Waals surface area contributed by atoms with Gasteiger partial charge in [0.05, 0.1) is 12.6 Å². The molecule has 3 heterocycles. The second-order valence-corrected chi connectivity index (χ2v) is 4.76. The highest BCUT2D eigenvalue weighted by Gasteiger charge is 2.19. The highest BCUT2D eigenvalue weighted by Crippen LogP contribution is 2.16. The number of pyridine rings is 1. The molecule has 0 aliphatic carbocycles. The lowest BCUT2D eigenvalue weighted by atomic mass is 10.1. The van der Waals surface area contributed by atoms with Crippen molar-refractivity contribution in [1.29, 1.82) is 0 Å². The summed E-state index contributed by atoms with van der Waals surface area (Å²) in [4.78, 5) is 10.6. The molecule has 0 unspecified atom stereocenters. The van der Waals surface area contributed by atoms with Crippen LogP contribution in [-0.4, -0.2) is 44.3 Å². The van der Waals surface area contributed by atoms with Crippen LogP contribution >= 0.6 is 0 Å². The van der Waals surface area contributed by atoms with Gasteiger partial charge in [-0.3, -0.25) is 9.88 Å². The standard InChI is InChI=1S/C13H16N4O2/c18-11-3-6-17(7-4-11)9-12-15-13(16-19-12)10-2-1-5-14-8-10/h1-2,5,8,11,18H,3-4,6-7,9H2. The van der Waals surface area contributed by atoms with E-state index in [-0.39, 0.29) is 6.10 Å². The Balaban J connectivity index is 1.65. The fourth-order valence-corrected chi connectivity index (χ4v) is 2.20. The number of aliphatic hydroxyl groups excluding tert-OH is 1. The molecule has 6 nitrogen and oxygen atoms in total. The first kappa shape index (κ1) is 12.3. The van der Waals surface area contributed by atoms with E-state index in [9.17, 15) is 5.11 Å². The third kappa shape index (κ3) is 2.97. The summed E-state index contributed by atoms with van der Waals surface area (Å²) in [5.41, 5.74) is 0.853. The van der Waals surface area contributed by atoms with Crippen LogP contribution in [0.15, 0.2) is 29.0 Å². The van der Waals surface area contributed by atoms with Gasteiger partial charge in [0.25, 0.3) is 0 Å². The fraction of sp³-hybridized carbons (Fsp3) is 0.462. The quantitative estimate of drug-likeness (QED) is 0.890. The minimum Gasteiger partial charge on any atom is -0.393 e. The third-order valence-corrected chi connectivity index (χ3v) is 3.30. The molecule has 0 amide bonds. The average Bonchev–Trinajstić information content (AvgIpc) is 2.91. The van der Waals surface area contributed by atoms with Gasteiger partial charge in [-0.05, 0) is 25.0 Å². The van der Waals surface area contributed by atoms with Crippen LogP contribution in [0.2, 0.25) is 0 Å². The summed E-state index contributed by atoms with van der Waals surface area (Å²) in [6, 6.07) is 3.75. The van der Waals surface area contributed by atoms with E-state index in [4.69, 9.17) is 4.52 Å². The van der Waals surface area contributed by atoms with Gasteiger partial charge in [-0.15, -0.1) is 0 Å². The fourth-order valence-electron chi connectivity index (χ4n) is 2.20. The summed E-state index contributed by atoms with van der Waals surface area (Å²) in [6.07, 6.45) is 4.88. The van der Waals surface area contributed by atoms with Gasteiger partial charge in [0.15, 0.2) is 0 Å². The zero-order valence-electron chi connectivity index (χ0n) is 10.6. The van der Waals surface area contributed by atoms with E-state index in [0.29, 0.717) is 18.3 Å². The van der Waals surface area contributed by atoms with Crippen molar-refractivity contribution in [2.45, 2.75) is 25.5 Å². The molecular weight excluding hydrogens is 244 g/mol. The summed E-state index contributed by atoms with van der Waals surface area (Å²) in [5, 5.41) is 13.4. The minimum absolute atomic E-state index is 0.162. The molecule has 0 bridgehead atoms. The van der Waals surface area contributed by atoms with Crippen LogP contribution in [-0.2, 0) is 6.54 Å². The van der Waals surface area contributed by atoms with Crippen LogP contribution in [0.5, 0.6) is 0 Å². The van der Waals surface area contributed by atoms with Crippen molar-refractivity contribution in [3.05, 3.63) is 30.4 Å². The SMILES string of the molecule is OC1CCN(Cc2nc(-c3cccnc3)no2)CC1. The second kappa shape index (κ2) is 5.46. The van der Waals surface area contributed by atoms with Gasteiger partial charge in [-0.1, -0.05) is 5.16 Å². The Hall–Kier alpha value is -1.79. The molecule has 0 saturated carbocycles. The van der Waals surface area contributed by atoms with Gasteiger partial charge >= 0.3 is 0 Å². The molecule has 19 heavy (non-hydrogen) atoms. The van der Waals surface area contributed by atoms with Crippen molar-refractivity contribution in [2.75, 3.05) is 13.1 Å². The van der Waals surface area contributed by atoms with Gasteiger partial charge in [-0.25, -0.2) is 0 Å². The first-order chi connectivity index (χ1) is 9.31. The number of nitrogens with zero attached hydrogens (tertiary/aromatic N) is 4. The van der Waals surface area contributed by atoms with E-state index < -0.39 is 0 Å². The zero-order valence-corrected chi connectivity index (χ0v) is 10.6. The molecule has 0 aromatic carbocycles. The van der Waals surface area contributed by atoms with Crippen molar-refractivity contribution in [3.63, 3.8) is 0 Å². The Bertz CT molecular complexity index is 520. The van der Waals surface area contributed by atoms with Crippen LogP contribution in [0.4, 0.5) is 0 Å². The molecule has 0 atom stereocenters. The molecule has 0 spiro atoms. The van der Waals surface area contributed by atoms with Crippen LogP contribution in [0, 0.1) is 0 Å². The Labute approximate surface area is 111 Å². The van der Waals surface area contributed by atoms with Gasteiger partial charge in [0.2, 0.25) is 11.7 Å². The number of rotatable bonds is 3. The summed E-state index contributed by atoms with van der Waals surface area (Å²) < 4.78 is 5.26. The van der Waals surface area contributed by atoms with E-state index in [2.05, 4.69) is 20.0 Å². The number of hydrogen-bond acceptors (Lipinski definition) is 6. The monoisotopic (exact) mass is 260 g/mol. The molecule has 100 valence electrons. The molecule has 2 aromatic rings. The molecule has 2 aromatic heterocycles. The normalized spacial score (nSPS) is 17.7. The Morgan fingerprint density at radius 1 is 1.37 bits per heavy atom. The summed E-state index contributed by atoms with van der Waals surface area (Å²) in [5.74, 6) is 1.18. The largest absolute Gasteiger partial charge is 0.393 e. The minimum atomic E-state index is -0.162. The maximum absolute atomic E-state index is 9.46. The van der Waals surface area contributed by atoms with Crippen LogP contribution in [0.3, 0.4) is 0 Å². The molecule has 1 fully saturated rings. The van der Waals surface area contributed by atoms with Crippen LogP contribution in [0.1, 0.15) is 18.7 Å². The van der Waals surface area contributed by atoms with Crippen molar-refractivity contribution >= 4 is 0 Å². The number of hydrogen-bond donors (Lipinski definition) is 1. The number of aromatic nitrogens is 3. The average molecular weight is 260 g/mol. The highest BCUT2D eigenvalue weighted by molar-refractivity contribution is 5.51. The first-order valence-electron chi connectivity index (χ1n) is 6.44. The lowest BCUT2D eigenvalue weighted by Crippen LogP contribution is -2.35. The lowest BCUT2D eigenvalue weighted by molar-refractivity contribution is 0.0740. The highest BCUT2D eigenvalue weighted by atomic mass is 16.5. The van der Waals surface area contributed by atoms with E-state index in [1.807, 2.05) is 12.1 Å². The summed E-state index contributed by atoms with van der Waals surface area (Å²) >= 11 is 0. The Morgan fingerprint density at radius 3 is 2.95 bits per heavy atom. The molecular formula is C13H16N4O2. The number of piperidine rings is 1. The van der Waals surface area contributed by atoms with E-state index >= 15 is 0 Å².